The first-order chi connectivity index (χ1) is 10.5. The SMILES string of the molecule is NC(=NCC#Cc1ccc(C(F)(F)F)cc1)N1CCCCC1. The first-order valence-corrected chi connectivity index (χ1v) is 7.18. The predicted molar refractivity (Wildman–Crippen MR) is 80.2 cm³/mol. The molecule has 0 unspecified atom stereocenters. The van der Waals surface area contributed by atoms with Gasteiger partial charge in [0.2, 0.25) is 0 Å². The van der Waals surface area contributed by atoms with Crippen molar-refractivity contribution in [1.29, 1.82) is 0 Å². The third-order valence-electron chi connectivity index (χ3n) is 3.45. The fourth-order valence-electron chi connectivity index (χ4n) is 2.23. The van der Waals surface area contributed by atoms with Gasteiger partial charge in [-0.25, -0.2) is 4.99 Å². The molecular weight excluding hydrogens is 291 g/mol. The topological polar surface area (TPSA) is 41.6 Å². The summed E-state index contributed by atoms with van der Waals surface area (Å²) in [5, 5.41) is 0. The van der Waals surface area contributed by atoms with Gasteiger partial charge in [-0.05, 0) is 43.5 Å². The number of nitrogens with two attached hydrogens (primary N) is 1. The summed E-state index contributed by atoms with van der Waals surface area (Å²) < 4.78 is 37.3. The standard InChI is InChI=1S/C16H18F3N3/c17-16(18,19)14-8-6-13(7-9-14)5-4-10-21-15(20)22-11-2-1-3-12-22/h6-9H,1-3,10-12H2,(H2,20,21). The van der Waals surface area contributed by atoms with Crippen molar-refractivity contribution in [2.24, 2.45) is 10.7 Å². The molecule has 0 spiro atoms. The first-order valence-electron chi connectivity index (χ1n) is 7.18. The van der Waals surface area contributed by atoms with Gasteiger partial charge >= 0.3 is 6.18 Å². The number of guanidine groups is 1. The third-order valence-corrected chi connectivity index (χ3v) is 3.45. The van der Waals surface area contributed by atoms with Gasteiger partial charge in [-0.1, -0.05) is 11.8 Å². The highest BCUT2D eigenvalue weighted by atomic mass is 19.4. The van der Waals surface area contributed by atoms with Crippen molar-refractivity contribution in [3.63, 3.8) is 0 Å². The molecule has 0 radical (unpaired) electrons. The molecule has 22 heavy (non-hydrogen) atoms. The quantitative estimate of drug-likeness (QED) is 0.492. The van der Waals surface area contributed by atoms with E-state index in [-0.39, 0.29) is 6.54 Å². The van der Waals surface area contributed by atoms with Crippen LogP contribution >= 0.6 is 0 Å². The van der Waals surface area contributed by atoms with Crippen molar-refractivity contribution in [1.82, 2.24) is 4.90 Å². The van der Waals surface area contributed by atoms with Crippen LogP contribution in [0, 0.1) is 11.8 Å². The van der Waals surface area contributed by atoms with Crippen LogP contribution in [0.2, 0.25) is 0 Å². The second-order valence-corrected chi connectivity index (χ2v) is 5.10. The molecule has 1 aromatic carbocycles. The minimum atomic E-state index is -4.32. The molecule has 0 atom stereocenters. The van der Waals surface area contributed by atoms with E-state index in [0.717, 1.165) is 38.1 Å². The number of rotatable bonds is 1. The van der Waals surface area contributed by atoms with Crippen molar-refractivity contribution in [2.45, 2.75) is 25.4 Å². The van der Waals surface area contributed by atoms with Gasteiger partial charge in [0.1, 0.15) is 6.54 Å². The molecule has 1 aliphatic rings. The molecule has 0 aliphatic carbocycles. The highest BCUT2D eigenvalue weighted by molar-refractivity contribution is 5.78. The first kappa shape index (κ1) is 16.2. The largest absolute Gasteiger partial charge is 0.416 e. The molecule has 1 aliphatic heterocycles. The summed E-state index contributed by atoms with van der Waals surface area (Å²) in [4.78, 5) is 6.22. The third kappa shape index (κ3) is 4.69. The van der Waals surface area contributed by atoms with Crippen LogP contribution in [-0.4, -0.2) is 30.5 Å². The van der Waals surface area contributed by atoms with Gasteiger partial charge in [-0.15, -0.1) is 0 Å². The number of benzene rings is 1. The monoisotopic (exact) mass is 309 g/mol. The van der Waals surface area contributed by atoms with Gasteiger partial charge in [0, 0.05) is 18.7 Å². The Bertz CT molecular complexity index is 573. The van der Waals surface area contributed by atoms with Crippen molar-refractivity contribution in [3.8, 4) is 11.8 Å². The van der Waals surface area contributed by atoms with E-state index in [2.05, 4.69) is 16.8 Å². The van der Waals surface area contributed by atoms with E-state index in [1.54, 1.807) is 0 Å². The van der Waals surface area contributed by atoms with E-state index in [4.69, 9.17) is 5.73 Å². The van der Waals surface area contributed by atoms with Crippen molar-refractivity contribution >= 4 is 5.96 Å². The Labute approximate surface area is 128 Å². The molecule has 0 aromatic heterocycles. The van der Waals surface area contributed by atoms with Crippen molar-refractivity contribution < 1.29 is 13.2 Å². The molecule has 2 rings (SSSR count). The van der Waals surface area contributed by atoms with Gasteiger partial charge in [0.05, 0.1) is 5.56 Å². The number of hydrogen-bond donors (Lipinski definition) is 1. The molecular formula is C16H18F3N3. The predicted octanol–water partition coefficient (Wildman–Crippen LogP) is 2.86. The molecule has 118 valence electrons. The summed E-state index contributed by atoms with van der Waals surface area (Å²) in [5.74, 6) is 6.07. The van der Waals surface area contributed by atoms with Gasteiger partial charge in [0.25, 0.3) is 0 Å². The van der Waals surface area contributed by atoms with E-state index >= 15 is 0 Å². The normalized spacial score (nSPS) is 16.1. The summed E-state index contributed by atoms with van der Waals surface area (Å²) in [7, 11) is 0. The maximum atomic E-state index is 12.4. The fourth-order valence-corrected chi connectivity index (χ4v) is 2.23. The second-order valence-electron chi connectivity index (χ2n) is 5.10. The Kier molecular flexibility index (Phi) is 5.31. The number of nitrogens with zero attached hydrogens (tertiary/aromatic N) is 2. The maximum absolute atomic E-state index is 12.4. The Morgan fingerprint density at radius 2 is 1.77 bits per heavy atom. The Morgan fingerprint density at radius 3 is 2.36 bits per heavy atom. The van der Waals surface area contributed by atoms with Gasteiger partial charge < -0.3 is 10.6 Å². The molecule has 3 nitrogen and oxygen atoms in total. The maximum Gasteiger partial charge on any atom is 0.416 e. The van der Waals surface area contributed by atoms with Crippen molar-refractivity contribution in [3.05, 3.63) is 35.4 Å². The summed E-state index contributed by atoms with van der Waals surface area (Å²) in [6.07, 6.45) is -0.864. The van der Waals surface area contributed by atoms with Crippen LogP contribution in [0.25, 0.3) is 0 Å². The van der Waals surface area contributed by atoms with Crippen LogP contribution < -0.4 is 5.73 Å². The lowest BCUT2D eigenvalue weighted by Gasteiger charge is -2.27. The van der Waals surface area contributed by atoms with Crippen LogP contribution in [0.5, 0.6) is 0 Å². The van der Waals surface area contributed by atoms with Gasteiger partial charge in [-0.2, -0.15) is 13.2 Å². The van der Waals surface area contributed by atoms with E-state index in [1.807, 2.05) is 4.90 Å². The minimum absolute atomic E-state index is 0.239. The Morgan fingerprint density at radius 1 is 1.14 bits per heavy atom. The zero-order chi connectivity index (χ0) is 16.0. The van der Waals surface area contributed by atoms with E-state index < -0.39 is 11.7 Å². The van der Waals surface area contributed by atoms with Gasteiger partial charge in [0.15, 0.2) is 5.96 Å². The van der Waals surface area contributed by atoms with Crippen LogP contribution in [0.1, 0.15) is 30.4 Å². The van der Waals surface area contributed by atoms with Crippen LogP contribution in [0.3, 0.4) is 0 Å². The molecule has 0 saturated carbocycles. The van der Waals surface area contributed by atoms with Crippen LogP contribution in [0.4, 0.5) is 13.2 Å². The lowest BCUT2D eigenvalue weighted by molar-refractivity contribution is -0.137. The lowest BCUT2D eigenvalue weighted by Crippen LogP contribution is -2.40. The number of hydrogen-bond acceptors (Lipinski definition) is 1. The molecule has 0 bridgehead atoms. The second kappa shape index (κ2) is 7.21. The zero-order valence-corrected chi connectivity index (χ0v) is 12.2. The van der Waals surface area contributed by atoms with E-state index in [1.165, 1.54) is 18.6 Å². The molecule has 1 heterocycles. The molecule has 1 saturated heterocycles. The molecule has 0 amide bonds. The molecule has 2 N–H and O–H groups in total. The lowest BCUT2D eigenvalue weighted by atomic mass is 10.1. The summed E-state index contributed by atoms with van der Waals surface area (Å²) >= 11 is 0. The summed E-state index contributed by atoms with van der Waals surface area (Å²) in [6.45, 7) is 2.08. The highest BCUT2D eigenvalue weighted by Gasteiger charge is 2.29. The number of likely N-dealkylation sites (tertiary alicyclic amines) is 1. The van der Waals surface area contributed by atoms with Crippen LogP contribution in [-0.2, 0) is 6.18 Å². The smallest absolute Gasteiger partial charge is 0.370 e. The molecule has 1 aromatic rings. The van der Waals surface area contributed by atoms with Crippen molar-refractivity contribution in [2.75, 3.05) is 19.6 Å². The number of alkyl halides is 3. The fraction of sp³-hybridized carbons (Fsp3) is 0.438. The average Bonchev–Trinajstić information content (AvgIpc) is 2.52. The van der Waals surface area contributed by atoms with E-state index in [0.29, 0.717) is 11.5 Å². The average molecular weight is 309 g/mol. The number of piperidine rings is 1. The van der Waals surface area contributed by atoms with Gasteiger partial charge in [-0.3, -0.25) is 0 Å². The van der Waals surface area contributed by atoms with E-state index in [9.17, 15) is 13.2 Å². The minimum Gasteiger partial charge on any atom is -0.370 e. The summed E-state index contributed by atoms with van der Waals surface area (Å²) in [6, 6.07) is 4.76. The zero-order valence-electron chi connectivity index (χ0n) is 12.2. The number of halogens is 3. The summed E-state index contributed by atoms with van der Waals surface area (Å²) in [5.41, 5.74) is 5.73. The molecule has 1 fully saturated rings. The molecule has 6 heteroatoms. The van der Waals surface area contributed by atoms with Crippen LogP contribution in [0.15, 0.2) is 29.3 Å². The Hall–Kier alpha value is -2.16. The number of aliphatic imine (C=N–C) groups is 1. The highest BCUT2D eigenvalue weighted by Crippen LogP contribution is 2.28. The Balaban J connectivity index is 1.90.